The number of anilines is 1. The quantitative estimate of drug-likeness (QED) is 0.723. The average molecular weight is 383 g/mol. The summed E-state index contributed by atoms with van der Waals surface area (Å²) in [6.07, 6.45) is 1.63. The Balaban J connectivity index is 1.85. The minimum atomic E-state index is -0.424. The zero-order valence-corrected chi connectivity index (χ0v) is 15.3. The maximum atomic E-state index is 14.3. The molecule has 2 N–H and O–H groups in total. The Hall–Kier alpha value is -3.55. The van der Waals surface area contributed by atoms with Gasteiger partial charge in [-0.15, -0.1) is 0 Å². The minimum absolute atomic E-state index is 0.119. The molecule has 1 amide bonds. The maximum Gasteiger partial charge on any atom is 0.226 e. The lowest BCUT2D eigenvalue weighted by Crippen LogP contribution is -2.25. The van der Waals surface area contributed by atoms with Crippen molar-refractivity contribution in [1.29, 1.82) is 0 Å². The number of phenolic OH excluding ortho intramolecular Hbond substituents is 1. The van der Waals surface area contributed by atoms with Crippen molar-refractivity contribution in [3.8, 4) is 22.9 Å². The van der Waals surface area contributed by atoms with Crippen LogP contribution in [0.15, 0.2) is 42.7 Å². The van der Waals surface area contributed by atoms with Crippen LogP contribution in [0, 0.1) is 5.82 Å². The molecule has 2 heterocycles. The lowest BCUT2D eigenvalue weighted by molar-refractivity contribution is -0.116. The van der Waals surface area contributed by atoms with Crippen LogP contribution >= 0.6 is 0 Å². The highest BCUT2D eigenvalue weighted by molar-refractivity contribution is 5.94. The Morgan fingerprint density at radius 3 is 2.54 bits per heavy atom. The second-order valence-corrected chi connectivity index (χ2v) is 6.38. The number of phenols is 1. The Bertz CT molecular complexity index is 1040. The molecule has 144 valence electrons. The van der Waals surface area contributed by atoms with Crippen LogP contribution in [0.1, 0.15) is 23.6 Å². The summed E-state index contributed by atoms with van der Waals surface area (Å²) < 4.78 is 26.2. The summed E-state index contributed by atoms with van der Waals surface area (Å²) in [5.41, 5.74) is 1.58. The Labute approximate surface area is 160 Å². The van der Waals surface area contributed by atoms with Gasteiger partial charge in [0, 0.05) is 12.3 Å². The number of carbonyl (C=O) groups is 1. The van der Waals surface area contributed by atoms with Crippen LogP contribution in [0.3, 0.4) is 0 Å². The van der Waals surface area contributed by atoms with Crippen molar-refractivity contribution in [2.45, 2.75) is 12.3 Å². The van der Waals surface area contributed by atoms with Gasteiger partial charge in [0.1, 0.15) is 18.0 Å². The maximum absolute atomic E-state index is 14.3. The van der Waals surface area contributed by atoms with E-state index in [-0.39, 0.29) is 35.3 Å². The molecule has 0 saturated heterocycles. The van der Waals surface area contributed by atoms with Crippen molar-refractivity contribution < 1.29 is 23.8 Å². The number of hydrogen-bond acceptors (Lipinski definition) is 5. The Morgan fingerprint density at radius 1 is 1.21 bits per heavy atom. The van der Waals surface area contributed by atoms with Gasteiger partial charge in [-0.3, -0.25) is 9.36 Å². The average Bonchev–Trinajstić information content (AvgIpc) is 3.11. The topological polar surface area (TPSA) is 85.6 Å². The number of hydrogen-bond donors (Lipinski definition) is 2. The second-order valence-electron chi connectivity index (χ2n) is 6.38. The van der Waals surface area contributed by atoms with Crippen LogP contribution in [0.4, 0.5) is 10.2 Å². The second kappa shape index (κ2) is 6.88. The van der Waals surface area contributed by atoms with E-state index in [0.29, 0.717) is 17.1 Å². The van der Waals surface area contributed by atoms with Gasteiger partial charge in [0.2, 0.25) is 11.7 Å². The van der Waals surface area contributed by atoms with Gasteiger partial charge < -0.3 is 19.9 Å². The minimum Gasteiger partial charge on any atom is -0.502 e. The molecule has 0 bridgehead atoms. The van der Waals surface area contributed by atoms with E-state index in [9.17, 15) is 14.3 Å². The molecule has 3 aromatic rings. The lowest BCUT2D eigenvalue weighted by Gasteiger charge is -2.24. The van der Waals surface area contributed by atoms with Gasteiger partial charge >= 0.3 is 0 Å². The number of aromatic hydroxyl groups is 1. The molecule has 7 nitrogen and oxygen atoms in total. The number of carbonyl (C=O) groups excluding carboxylic acids is 1. The number of rotatable bonds is 4. The molecule has 0 aliphatic carbocycles. The first kappa shape index (κ1) is 17.8. The first-order chi connectivity index (χ1) is 13.5. The zero-order chi connectivity index (χ0) is 19.8. The molecule has 1 aliphatic heterocycles. The number of imidazole rings is 1. The van der Waals surface area contributed by atoms with E-state index in [1.165, 1.54) is 31.2 Å². The first-order valence-electron chi connectivity index (χ1n) is 8.60. The number of nitrogens with one attached hydrogen (secondary N) is 1. The van der Waals surface area contributed by atoms with Gasteiger partial charge in [0.05, 0.1) is 25.6 Å². The van der Waals surface area contributed by atoms with E-state index in [1.54, 1.807) is 30.3 Å². The molecule has 0 radical (unpaired) electrons. The highest BCUT2D eigenvalue weighted by Crippen LogP contribution is 2.44. The number of nitrogens with zero attached hydrogens (tertiary/aromatic N) is 2. The first-order valence-corrected chi connectivity index (χ1v) is 8.60. The lowest BCUT2D eigenvalue weighted by atomic mass is 9.89. The van der Waals surface area contributed by atoms with E-state index < -0.39 is 11.7 Å². The van der Waals surface area contributed by atoms with Gasteiger partial charge in [0.15, 0.2) is 11.5 Å². The van der Waals surface area contributed by atoms with Gasteiger partial charge in [-0.25, -0.2) is 9.37 Å². The number of halogens is 1. The molecule has 0 saturated carbocycles. The Morgan fingerprint density at radius 2 is 1.89 bits per heavy atom. The molecular formula is C20H18FN3O4. The Kier molecular flexibility index (Phi) is 4.38. The molecule has 1 aromatic heterocycles. The summed E-state index contributed by atoms with van der Waals surface area (Å²) in [7, 11) is 2.87. The number of ether oxygens (including phenoxy) is 2. The standard InChI is InChI=1S/C20H18FN3O4/c1-27-15-7-11(8-16(28-2)19(15)26)12-9-17(25)23-20-18(12)22-10-24(20)14-6-4-3-5-13(14)21/h3-8,10,12,26H,9H2,1-2H3,(H,23,25). The summed E-state index contributed by atoms with van der Waals surface area (Å²) in [6, 6.07) is 9.56. The number of benzene rings is 2. The normalized spacial score (nSPS) is 15.7. The van der Waals surface area contributed by atoms with Gasteiger partial charge in [-0.1, -0.05) is 12.1 Å². The molecule has 0 spiro atoms. The van der Waals surface area contributed by atoms with E-state index in [0.717, 1.165) is 0 Å². The molecule has 28 heavy (non-hydrogen) atoms. The number of fused-ring (bicyclic) bond motifs is 1. The third-order valence-electron chi connectivity index (χ3n) is 4.79. The van der Waals surface area contributed by atoms with Crippen molar-refractivity contribution in [1.82, 2.24) is 9.55 Å². The number of amides is 1. The highest BCUT2D eigenvalue weighted by atomic mass is 19.1. The summed E-state index contributed by atoms with van der Waals surface area (Å²) in [5, 5.41) is 12.9. The van der Waals surface area contributed by atoms with Crippen LogP contribution < -0.4 is 14.8 Å². The largest absolute Gasteiger partial charge is 0.502 e. The molecule has 1 unspecified atom stereocenters. The van der Waals surface area contributed by atoms with Gasteiger partial charge in [0.25, 0.3) is 0 Å². The van der Waals surface area contributed by atoms with Crippen LogP contribution in [-0.2, 0) is 4.79 Å². The van der Waals surface area contributed by atoms with E-state index in [1.807, 2.05) is 0 Å². The zero-order valence-electron chi connectivity index (χ0n) is 15.3. The van der Waals surface area contributed by atoms with Crippen LogP contribution in [0.5, 0.6) is 17.2 Å². The van der Waals surface area contributed by atoms with Crippen LogP contribution in [0.2, 0.25) is 0 Å². The van der Waals surface area contributed by atoms with E-state index in [2.05, 4.69) is 10.3 Å². The molecule has 0 fully saturated rings. The number of aromatic nitrogens is 2. The van der Waals surface area contributed by atoms with Crippen molar-refractivity contribution in [2.24, 2.45) is 0 Å². The SMILES string of the molecule is COc1cc(C2CC(=O)Nc3c2ncn3-c2ccccc2F)cc(OC)c1O. The smallest absolute Gasteiger partial charge is 0.226 e. The molecule has 1 aliphatic rings. The summed E-state index contributed by atoms with van der Waals surface area (Å²) >= 11 is 0. The van der Waals surface area contributed by atoms with Crippen molar-refractivity contribution >= 4 is 11.7 Å². The molecule has 2 aromatic carbocycles. The molecule has 4 rings (SSSR count). The molecular weight excluding hydrogens is 365 g/mol. The fourth-order valence-corrected chi connectivity index (χ4v) is 3.43. The summed E-state index contributed by atoms with van der Waals surface area (Å²) in [4.78, 5) is 16.8. The fourth-order valence-electron chi connectivity index (χ4n) is 3.43. The third kappa shape index (κ3) is 2.83. The third-order valence-corrected chi connectivity index (χ3v) is 4.79. The number of methoxy groups -OCH3 is 2. The van der Waals surface area contributed by atoms with Crippen LogP contribution in [0.25, 0.3) is 5.69 Å². The van der Waals surface area contributed by atoms with Crippen molar-refractivity contribution in [2.75, 3.05) is 19.5 Å². The van der Waals surface area contributed by atoms with Gasteiger partial charge in [-0.2, -0.15) is 0 Å². The van der Waals surface area contributed by atoms with E-state index >= 15 is 0 Å². The fraction of sp³-hybridized carbons (Fsp3) is 0.200. The van der Waals surface area contributed by atoms with Gasteiger partial charge in [-0.05, 0) is 29.8 Å². The van der Waals surface area contributed by atoms with E-state index in [4.69, 9.17) is 9.47 Å². The molecule has 1 atom stereocenters. The predicted octanol–water partition coefficient (Wildman–Crippen LogP) is 3.21. The summed E-state index contributed by atoms with van der Waals surface area (Å²) in [6.45, 7) is 0. The van der Waals surface area contributed by atoms with Crippen molar-refractivity contribution in [3.05, 3.63) is 59.8 Å². The summed E-state index contributed by atoms with van der Waals surface area (Å²) in [5.74, 6) is -0.289. The predicted molar refractivity (Wildman–Crippen MR) is 99.8 cm³/mol. The highest BCUT2D eigenvalue weighted by Gasteiger charge is 2.32. The van der Waals surface area contributed by atoms with Crippen LogP contribution in [-0.4, -0.2) is 34.8 Å². The molecule has 8 heteroatoms. The van der Waals surface area contributed by atoms with Crippen molar-refractivity contribution in [3.63, 3.8) is 0 Å². The number of para-hydroxylation sites is 1. The monoisotopic (exact) mass is 383 g/mol.